The van der Waals surface area contributed by atoms with Gasteiger partial charge < -0.3 is 15.0 Å². The number of hydrogen-bond acceptors (Lipinski definition) is 4. The van der Waals surface area contributed by atoms with Crippen molar-refractivity contribution < 1.29 is 14.3 Å². The number of hydrogen-bond donors (Lipinski definition) is 1. The van der Waals surface area contributed by atoms with Gasteiger partial charge in [0.2, 0.25) is 5.91 Å². The maximum absolute atomic E-state index is 12.6. The molecule has 0 aliphatic carbocycles. The van der Waals surface area contributed by atoms with Gasteiger partial charge >= 0.3 is 6.03 Å². The van der Waals surface area contributed by atoms with Crippen LogP contribution in [0.15, 0.2) is 48.8 Å². The fourth-order valence-corrected chi connectivity index (χ4v) is 2.74. The van der Waals surface area contributed by atoms with Crippen LogP contribution < -0.4 is 15.0 Å². The molecule has 1 aliphatic heterocycles. The SMILES string of the molecule is COc1ccccc1N1CCN(CC(=O)NCc2ccncc2)C1=O. The first kappa shape index (κ1) is 16.8. The Hall–Kier alpha value is -3.09. The molecule has 3 rings (SSSR count). The number of rotatable bonds is 6. The minimum Gasteiger partial charge on any atom is -0.495 e. The van der Waals surface area contributed by atoms with Crippen molar-refractivity contribution in [3.05, 3.63) is 54.4 Å². The Morgan fingerprint density at radius 3 is 2.72 bits per heavy atom. The Morgan fingerprint density at radius 1 is 1.20 bits per heavy atom. The number of benzene rings is 1. The highest BCUT2D eigenvalue weighted by molar-refractivity contribution is 5.97. The summed E-state index contributed by atoms with van der Waals surface area (Å²) in [5, 5.41) is 2.82. The van der Waals surface area contributed by atoms with Crippen LogP contribution in [0.25, 0.3) is 0 Å². The molecule has 130 valence electrons. The number of carbonyl (C=O) groups is 2. The summed E-state index contributed by atoms with van der Waals surface area (Å²) in [5.41, 5.74) is 1.68. The molecule has 0 unspecified atom stereocenters. The zero-order chi connectivity index (χ0) is 17.6. The highest BCUT2D eigenvalue weighted by Crippen LogP contribution is 2.30. The summed E-state index contributed by atoms with van der Waals surface area (Å²) in [5.74, 6) is 0.451. The summed E-state index contributed by atoms with van der Waals surface area (Å²) in [4.78, 5) is 31.8. The number of amides is 3. The molecular formula is C18H20N4O3. The largest absolute Gasteiger partial charge is 0.495 e. The number of anilines is 1. The molecule has 2 aromatic rings. The van der Waals surface area contributed by atoms with E-state index in [1.165, 1.54) is 4.90 Å². The smallest absolute Gasteiger partial charge is 0.325 e. The number of urea groups is 1. The van der Waals surface area contributed by atoms with Crippen molar-refractivity contribution in [2.45, 2.75) is 6.54 Å². The van der Waals surface area contributed by atoms with Gasteiger partial charge in [0.25, 0.3) is 0 Å². The summed E-state index contributed by atoms with van der Waals surface area (Å²) in [6.45, 7) is 1.48. The lowest BCUT2D eigenvalue weighted by Gasteiger charge is -2.20. The van der Waals surface area contributed by atoms with Crippen molar-refractivity contribution in [2.75, 3.05) is 31.6 Å². The lowest BCUT2D eigenvalue weighted by molar-refractivity contribution is -0.121. The van der Waals surface area contributed by atoms with E-state index in [9.17, 15) is 9.59 Å². The first-order valence-corrected chi connectivity index (χ1v) is 8.04. The summed E-state index contributed by atoms with van der Waals surface area (Å²) >= 11 is 0. The van der Waals surface area contributed by atoms with E-state index in [2.05, 4.69) is 10.3 Å². The van der Waals surface area contributed by atoms with E-state index in [1.54, 1.807) is 24.4 Å². The molecule has 0 saturated carbocycles. The minimum atomic E-state index is -0.191. The average molecular weight is 340 g/mol. The molecule has 1 aliphatic rings. The van der Waals surface area contributed by atoms with Crippen molar-refractivity contribution in [1.29, 1.82) is 0 Å². The number of aromatic nitrogens is 1. The van der Waals surface area contributed by atoms with E-state index in [4.69, 9.17) is 4.74 Å². The third kappa shape index (κ3) is 3.88. The molecule has 1 aromatic heterocycles. The lowest BCUT2D eigenvalue weighted by Crippen LogP contribution is -2.39. The minimum absolute atomic E-state index is 0.0373. The molecule has 2 heterocycles. The van der Waals surface area contributed by atoms with E-state index >= 15 is 0 Å². The van der Waals surface area contributed by atoms with E-state index in [1.807, 2.05) is 36.4 Å². The van der Waals surface area contributed by atoms with Crippen LogP contribution in [0.3, 0.4) is 0 Å². The van der Waals surface area contributed by atoms with Crippen LogP contribution in [0.1, 0.15) is 5.56 Å². The molecule has 7 heteroatoms. The number of para-hydroxylation sites is 2. The lowest BCUT2D eigenvalue weighted by atomic mass is 10.2. The molecule has 0 atom stereocenters. The molecule has 1 N–H and O–H groups in total. The molecular weight excluding hydrogens is 320 g/mol. The van der Waals surface area contributed by atoms with Gasteiger partial charge in [0.1, 0.15) is 12.3 Å². The normalized spacial score (nSPS) is 13.9. The second-order valence-electron chi connectivity index (χ2n) is 5.66. The predicted octanol–water partition coefficient (Wildman–Crippen LogP) is 1.65. The Kier molecular flexibility index (Phi) is 5.13. The van der Waals surface area contributed by atoms with Crippen molar-refractivity contribution in [1.82, 2.24) is 15.2 Å². The molecule has 0 bridgehead atoms. The Labute approximate surface area is 146 Å². The summed E-state index contributed by atoms with van der Waals surface area (Å²) in [6.07, 6.45) is 3.35. The second-order valence-corrected chi connectivity index (χ2v) is 5.66. The monoisotopic (exact) mass is 340 g/mol. The van der Waals surface area contributed by atoms with Gasteiger partial charge in [-0.25, -0.2) is 4.79 Å². The number of pyridine rings is 1. The summed E-state index contributed by atoms with van der Waals surface area (Å²) in [7, 11) is 1.57. The van der Waals surface area contributed by atoms with Gasteiger partial charge in [0.15, 0.2) is 0 Å². The van der Waals surface area contributed by atoms with Crippen LogP contribution in [0.4, 0.5) is 10.5 Å². The number of ether oxygens (including phenoxy) is 1. The highest BCUT2D eigenvalue weighted by Gasteiger charge is 2.32. The summed E-state index contributed by atoms with van der Waals surface area (Å²) in [6, 6.07) is 10.8. The average Bonchev–Trinajstić information content (AvgIpc) is 3.01. The molecule has 0 radical (unpaired) electrons. The molecule has 1 fully saturated rings. The standard InChI is InChI=1S/C18H20N4O3/c1-25-16-5-3-2-4-15(16)22-11-10-21(18(22)24)13-17(23)20-12-14-6-8-19-9-7-14/h2-9H,10-13H2,1H3,(H,20,23). The van der Waals surface area contributed by atoms with E-state index in [-0.39, 0.29) is 18.5 Å². The highest BCUT2D eigenvalue weighted by atomic mass is 16.5. The van der Waals surface area contributed by atoms with Crippen LogP contribution in [-0.4, -0.2) is 48.6 Å². The number of methoxy groups -OCH3 is 1. The Bertz CT molecular complexity index is 751. The van der Waals surface area contributed by atoms with Crippen LogP contribution in [0, 0.1) is 0 Å². The third-order valence-electron chi connectivity index (χ3n) is 4.04. The van der Waals surface area contributed by atoms with Gasteiger partial charge in [-0.2, -0.15) is 0 Å². The van der Waals surface area contributed by atoms with E-state index < -0.39 is 0 Å². The maximum Gasteiger partial charge on any atom is 0.325 e. The third-order valence-corrected chi connectivity index (χ3v) is 4.04. The number of nitrogens with zero attached hydrogens (tertiary/aromatic N) is 3. The zero-order valence-corrected chi connectivity index (χ0v) is 14.0. The molecule has 1 saturated heterocycles. The zero-order valence-electron chi connectivity index (χ0n) is 14.0. The van der Waals surface area contributed by atoms with Crippen molar-refractivity contribution >= 4 is 17.6 Å². The fourth-order valence-electron chi connectivity index (χ4n) is 2.74. The van der Waals surface area contributed by atoms with Crippen molar-refractivity contribution in [3.8, 4) is 5.75 Å². The Morgan fingerprint density at radius 2 is 1.96 bits per heavy atom. The van der Waals surface area contributed by atoms with Crippen LogP contribution in [-0.2, 0) is 11.3 Å². The summed E-state index contributed by atoms with van der Waals surface area (Å²) < 4.78 is 5.31. The van der Waals surface area contributed by atoms with Gasteiger partial charge in [-0.15, -0.1) is 0 Å². The maximum atomic E-state index is 12.6. The van der Waals surface area contributed by atoms with Gasteiger partial charge in [0, 0.05) is 32.0 Å². The van der Waals surface area contributed by atoms with Crippen molar-refractivity contribution in [3.63, 3.8) is 0 Å². The van der Waals surface area contributed by atoms with Crippen molar-refractivity contribution in [2.24, 2.45) is 0 Å². The topological polar surface area (TPSA) is 74.8 Å². The van der Waals surface area contributed by atoms with E-state index in [0.717, 1.165) is 11.3 Å². The van der Waals surface area contributed by atoms with Gasteiger partial charge in [-0.3, -0.25) is 14.7 Å². The first-order chi connectivity index (χ1) is 12.2. The van der Waals surface area contributed by atoms with Gasteiger partial charge in [-0.1, -0.05) is 12.1 Å². The fraction of sp³-hybridized carbons (Fsp3) is 0.278. The van der Waals surface area contributed by atoms with Crippen LogP contribution >= 0.6 is 0 Å². The Balaban J connectivity index is 1.57. The van der Waals surface area contributed by atoms with E-state index in [0.29, 0.717) is 25.4 Å². The number of carbonyl (C=O) groups excluding carboxylic acids is 2. The second kappa shape index (κ2) is 7.65. The van der Waals surface area contributed by atoms with Gasteiger partial charge in [-0.05, 0) is 29.8 Å². The predicted molar refractivity (Wildman–Crippen MR) is 93.4 cm³/mol. The van der Waals surface area contributed by atoms with Crippen LogP contribution in [0.5, 0.6) is 5.75 Å². The quantitative estimate of drug-likeness (QED) is 0.868. The molecule has 7 nitrogen and oxygen atoms in total. The first-order valence-electron chi connectivity index (χ1n) is 8.04. The molecule has 3 amide bonds. The van der Waals surface area contributed by atoms with Crippen LogP contribution in [0.2, 0.25) is 0 Å². The molecule has 1 aromatic carbocycles. The van der Waals surface area contributed by atoms with Gasteiger partial charge in [0.05, 0.1) is 12.8 Å². The molecule has 25 heavy (non-hydrogen) atoms. The number of nitrogens with one attached hydrogen (secondary N) is 1. The molecule has 0 spiro atoms.